The van der Waals surface area contributed by atoms with Crippen LogP contribution in [0.4, 0.5) is 5.69 Å². The van der Waals surface area contributed by atoms with Crippen LogP contribution in [0.25, 0.3) is 0 Å². The Kier molecular flexibility index (Phi) is 13.2. The number of amides is 1. The lowest BCUT2D eigenvalue weighted by molar-refractivity contribution is -0.697. The van der Waals surface area contributed by atoms with Gasteiger partial charge in [0.2, 0.25) is 0 Å². The van der Waals surface area contributed by atoms with Crippen molar-refractivity contribution >= 4 is 34.8 Å². The molecule has 8 heteroatoms. The van der Waals surface area contributed by atoms with Crippen LogP contribution in [-0.2, 0) is 17.8 Å². The quantitative estimate of drug-likeness (QED) is 0.145. The van der Waals surface area contributed by atoms with Gasteiger partial charge in [-0.05, 0) is 61.2 Å². The maximum Gasteiger partial charge on any atom is 0.315 e. The zero-order valence-electron chi connectivity index (χ0n) is 24.7. The number of halogens is 2. The largest absolute Gasteiger partial charge is 0.491 e. The first-order valence-electron chi connectivity index (χ1n) is 13.7. The Labute approximate surface area is 259 Å². The number of likely N-dealkylation sites (N-methyl/N-ethyl adjacent to an activating group) is 1. The minimum Gasteiger partial charge on any atom is -0.491 e. The van der Waals surface area contributed by atoms with Gasteiger partial charge in [-0.3, -0.25) is 0 Å². The highest BCUT2D eigenvalue weighted by molar-refractivity contribution is 6.42. The van der Waals surface area contributed by atoms with Crippen molar-refractivity contribution in [1.29, 1.82) is 0 Å². The number of quaternary nitrogens is 1. The first-order valence-corrected chi connectivity index (χ1v) is 14.5. The molecule has 0 aliphatic heterocycles. The Balaban J connectivity index is 0.00000308. The highest BCUT2D eigenvalue weighted by atomic mass is 35.5. The molecule has 0 saturated heterocycles. The number of benzene rings is 3. The van der Waals surface area contributed by atoms with Gasteiger partial charge in [0, 0.05) is 30.5 Å². The van der Waals surface area contributed by atoms with Crippen LogP contribution < -0.4 is 13.8 Å². The van der Waals surface area contributed by atoms with Gasteiger partial charge in [-0.15, -0.1) is 0 Å². The van der Waals surface area contributed by atoms with Gasteiger partial charge in [-0.1, -0.05) is 65.7 Å². The first-order chi connectivity index (χ1) is 19.1. The fourth-order valence-corrected chi connectivity index (χ4v) is 5.32. The smallest absolute Gasteiger partial charge is 0.315 e. The van der Waals surface area contributed by atoms with Crippen LogP contribution in [0, 0.1) is 0 Å². The van der Waals surface area contributed by atoms with Crippen LogP contribution in [0.5, 0.6) is 5.75 Å². The number of pyridine rings is 1. The predicted molar refractivity (Wildman–Crippen MR) is 172 cm³/mol. The Bertz CT molecular complexity index is 1430. The van der Waals surface area contributed by atoms with Crippen molar-refractivity contribution in [2.75, 3.05) is 13.6 Å². The van der Waals surface area contributed by atoms with Crippen molar-refractivity contribution in [2.24, 2.45) is 0 Å². The van der Waals surface area contributed by atoms with Gasteiger partial charge < -0.3 is 15.7 Å². The summed E-state index contributed by atoms with van der Waals surface area (Å²) in [6.45, 7) is 7.02. The van der Waals surface area contributed by atoms with E-state index in [0.29, 0.717) is 16.6 Å². The summed E-state index contributed by atoms with van der Waals surface area (Å²) in [5.41, 5.74) is 4.53. The lowest BCUT2D eigenvalue weighted by Crippen LogP contribution is -2.52. The van der Waals surface area contributed by atoms with E-state index in [0.717, 1.165) is 36.4 Å². The minimum absolute atomic E-state index is 0. The summed E-state index contributed by atoms with van der Waals surface area (Å²) in [5, 5.41) is 1.04. The van der Waals surface area contributed by atoms with Gasteiger partial charge >= 0.3 is 5.91 Å². The molecular weight excluding hydrogens is 571 g/mol. The molecule has 6 nitrogen and oxygen atoms in total. The average molecular weight is 614 g/mol. The van der Waals surface area contributed by atoms with E-state index in [-0.39, 0.29) is 33.4 Å². The van der Waals surface area contributed by atoms with Crippen molar-refractivity contribution in [1.82, 2.24) is 4.48 Å². The molecule has 224 valence electrons. The molecule has 2 atom stereocenters. The van der Waals surface area contributed by atoms with E-state index in [2.05, 4.69) is 53.4 Å². The highest BCUT2D eigenvalue weighted by Gasteiger charge is 2.36. The summed E-state index contributed by atoms with van der Waals surface area (Å²) in [6.07, 6.45) is 6.05. The molecule has 4 aromatic rings. The van der Waals surface area contributed by atoms with Crippen LogP contribution in [-0.4, -0.2) is 36.6 Å². The van der Waals surface area contributed by atoms with Crippen LogP contribution in [0.1, 0.15) is 49.8 Å². The van der Waals surface area contributed by atoms with E-state index in [1.165, 1.54) is 11.1 Å². The second-order valence-electron chi connectivity index (χ2n) is 10.8. The predicted octanol–water partition coefficient (Wildman–Crippen LogP) is 6.37. The molecule has 1 heterocycles. The fraction of sp³-hybridized carbons (Fsp3) is 0.294. The molecule has 4 N–H and O–H groups in total. The van der Waals surface area contributed by atoms with Crippen molar-refractivity contribution in [3.63, 3.8) is 0 Å². The van der Waals surface area contributed by atoms with Gasteiger partial charge in [-0.2, -0.15) is 0 Å². The van der Waals surface area contributed by atoms with E-state index >= 15 is 0 Å². The van der Waals surface area contributed by atoms with Crippen LogP contribution in [0.15, 0.2) is 97.3 Å². The molecule has 1 aromatic heterocycles. The number of aromatic nitrogens is 1. The Morgan fingerprint density at radius 2 is 1.52 bits per heavy atom. The molecule has 3 aromatic carbocycles. The Hall–Kier alpha value is -3.26. The van der Waals surface area contributed by atoms with Gasteiger partial charge in [0.15, 0.2) is 12.4 Å². The van der Waals surface area contributed by atoms with Crippen molar-refractivity contribution in [3.05, 3.63) is 124 Å². The number of aryl methyl sites for hydroxylation is 1. The minimum atomic E-state index is 0. The Morgan fingerprint density at radius 3 is 2.14 bits per heavy atom. The second-order valence-corrected chi connectivity index (χ2v) is 11.6. The molecule has 0 bridgehead atoms. The van der Waals surface area contributed by atoms with Crippen molar-refractivity contribution in [3.8, 4) is 5.75 Å². The van der Waals surface area contributed by atoms with E-state index in [1.54, 1.807) is 6.92 Å². The molecule has 0 saturated carbocycles. The van der Waals surface area contributed by atoms with Crippen LogP contribution in [0.3, 0.4) is 0 Å². The van der Waals surface area contributed by atoms with E-state index in [1.807, 2.05) is 69.4 Å². The molecule has 0 spiro atoms. The average Bonchev–Trinajstić information content (AvgIpc) is 2.93. The van der Waals surface area contributed by atoms with Gasteiger partial charge in [0.25, 0.3) is 0 Å². The molecule has 2 unspecified atom stereocenters. The summed E-state index contributed by atoms with van der Waals surface area (Å²) in [5.74, 6) is 0.870. The lowest BCUT2D eigenvalue weighted by atomic mass is 9.93. The lowest BCUT2D eigenvalue weighted by Gasteiger charge is -2.34. The molecule has 4 rings (SSSR count). The number of carbonyl (C=O) groups is 1. The summed E-state index contributed by atoms with van der Waals surface area (Å²) >= 11 is 12.7. The summed E-state index contributed by atoms with van der Waals surface area (Å²) in [6, 6.07) is 28.5. The zero-order valence-corrected chi connectivity index (χ0v) is 26.2. The molecule has 1 amide bonds. The zero-order chi connectivity index (χ0) is 28.7. The standard InChI is InChI=1S/C34H38Cl2N2O2.2H2O/c1-25(2)40-32-12-8-11-31(23-32)38(4,26(3)39)24-30(29-13-14-33(35)34(36)22-29)17-20-37-18-15-28(16-19-37)21-27-9-6-5-7-10-27;;/h5-16,18-19,22-23,25,30H,17,20-21,24H2,1-4H3;2*1H2/q+2;;. The molecule has 42 heavy (non-hydrogen) atoms. The maximum atomic E-state index is 13.2. The third-order valence-electron chi connectivity index (χ3n) is 7.40. The first kappa shape index (κ1) is 34.9. The van der Waals surface area contributed by atoms with E-state index in [4.69, 9.17) is 27.9 Å². The number of hydrogen-bond donors (Lipinski definition) is 0. The van der Waals surface area contributed by atoms with Crippen molar-refractivity contribution in [2.45, 2.75) is 52.2 Å². The Morgan fingerprint density at radius 1 is 0.857 bits per heavy atom. The van der Waals surface area contributed by atoms with Gasteiger partial charge in [-0.25, -0.2) is 13.8 Å². The second kappa shape index (κ2) is 15.8. The summed E-state index contributed by atoms with van der Waals surface area (Å²) in [4.78, 5) is 13.2. The summed E-state index contributed by atoms with van der Waals surface area (Å²) in [7, 11) is 1.98. The molecule has 0 fully saturated rings. The molecular formula is C34H42Cl2N2O4+2. The number of hydrogen-bond acceptors (Lipinski definition) is 2. The SMILES string of the molecule is CC(=O)[N+](C)(CC(CC[n+]1ccc(Cc2ccccc2)cc1)c1ccc(Cl)c(Cl)c1)c1cccc(OC(C)C)c1.O.O. The molecule has 0 radical (unpaired) electrons. The number of nitrogens with zero attached hydrogens (tertiary/aromatic N) is 2. The molecule has 0 aliphatic rings. The molecule has 0 aliphatic carbocycles. The van der Waals surface area contributed by atoms with E-state index < -0.39 is 0 Å². The number of rotatable bonds is 11. The van der Waals surface area contributed by atoms with Gasteiger partial charge in [0.1, 0.15) is 18.0 Å². The van der Waals surface area contributed by atoms with Gasteiger partial charge in [0.05, 0.1) is 36.7 Å². The number of carbonyl (C=O) groups excluding carboxylic acids is 1. The normalized spacial score (nSPS) is 12.9. The fourth-order valence-electron chi connectivity index (χ4n) is 5.01. The van der Waals surface area contributed by atoms with E-state index in [9.17, 15) is 4.79 Å². The third-order valence-corrected chi connectivity index (χ3v) is 8.14. The maximum absolute atomic E-state index is 13.2. The van der Waals surface area contributed by atoms with Crippen LogP contribution >= 0.6 is 23.2 Å². The van der Waals surface area contributed by atoms with Crippen LogP contribution in [0.2, 0.25) is 10.0 Å². The highest BCUT2D eigenvalue weighted by Crippen LogP contribution is 2.34. The number of ether oxygens (including phenoxy) is 1. The monoisotopic (exact) mass is 612 g/mol. The summed E-state index contributed by atoms with van der Waals surface area (Å²) < 4.78 is 8.29. The topological polar surface area (TPSA) is 93.2 Å². The van der Waals surface area contributed by atoms with Crippen molar-refractivity contribution < 1.29 is 25.1 Å². The third kappa shape index (κ3) is 9.12.